The Bertz CT molecular complexity index is 1390. The predicted molar refractivity (Wildman–Crippen MR) is 137 cm³/mol. The van der Waals surface area contributed by atoms with E-state index in [4.69, 9.17) is 10.5 Å². The standard InChI is InChI=1S/C28H32F3N5O2/c1-26(2,3)23(32)16-9-20-21(22(10-16)28(29,30)31)14-36(24(20)37)18-8-6-7-17(11-18)27(12-19(13-27)38-5)25-34-33-15-35(25)4/h6-11,15,19,23H,12-14,32H2,1-5H3. The van der Waals surface area contributed by atoms with Crippen LogP contribution in [0.1, 0.15) is 78.1 Å². The van der Waals surface area contributed by atoms with Gasteiger partial charge in [0.1, 0.15) is 12.2 Å². The number of halogens is 3. The molecular weight excluding hydrogens is 495 g/mol. The highest BCUT2D eigenvalue weighted by Gasteiger charge is 2.50. The van der Waals surface area contributed by atoms with Crippen molar-refractivity contribution >= 4 is 11.6 Å². The third-order valence-corrected chi connectivity index (χ3v) is 8.00. The van der Waals surface area contributed by atoms with E-state index < -0.39 is 34.5 Å². The molecule has 1 saturated carbocycles. The maximum absolute atomic E-state index is 14.2. The highest BCUT2D eigenvalue weighted by atomic mass is 19.4. The molecular formula is C28H32F3N5O2. The number of aryl methyl sites for hydroxylation is 1. The van der Waals surface area contributed by atoms with Gasteiger partial charge in [-0.2, -0.15) is 13.2 Å². The van der Waals surface area contributed by atoms with Crippen LogP contribution in [0.25, 0.3) is 0 Å². The summed E-state index contributed by atoms with van der Waals surface area (Å²) in [4.78, 5) is 15.0. The summed E-state index contributed by atoms with van der Waals surface area (Å²) in [5.41, 5.74) is 6.32. The first-order valence-corrected chi connectivity index (χ1v) is 12.6. The lowest BCUT2D eigenvalue weighted by Crippen LogP contribution is -2.48. The average molecular weight is 528 g/mol. The van der Waals surface area contributed by atoms with Crippen LogP contribution < -0.4 is 10.6 Å². The molecule has 1 aliphatic carbocycles. The minimum absolute atomic E-state index is 0.0242. The van der Waals surface area contributed by atoms with Crippen LogP contribution in [0.5, 0.6) is 0 Å². The quantitative estimate of drug-likeness (QED) is 0.497. The van der Waals surface area contributed by atoms with E-state index in [0.29, 0.717) is 24.1 Å². The largest absolute Gasteiger partial charge is 0.416 e. The van der Waals surface area contributed by atoms with Crippen LogP contribution in [-0.4, -0.2) is 33.9 Å². The zero-order chi connectivity index (χ0) is 27.6. The van der Waals surface area contributed by atoms with Gasteiger partial charge in [-0.15, -0.1) is 10.2 Å². The second-order valence-corrected chi connectivity index (χ2v) is 11.5. The molecule has 1 unspecified atom stereocenters. The first-order valence-electron chi connectivity index (χ1n) is 12.6. The molecule has 1 fully saturated rings. The summed E-state index contributed by atoms with van der Waals surface area (Å²) in [5, 5.41) is 8.40. The van der Waals surface area contributed by atoms with E-state index in [1.807, 2.05) is 50.6 Å². The molecule has 1 aromatic heterocycles. The number of fused-ring (bicyclic) bond motifs is 1. The molecule has 0 saturated heterocycles. The number of hydrogen-bond acceptors (Lipinski definition) is 5. The van der Waals surface area contributed by atoms with Gasteiger partial charge in [0.05, 0.1) is 23.6 Å². The van der Waals surface area contributed by atoms with Gasteiger partial charge in [-0.1, -0.05) is 32.9 Å². The molecule has 0 bridgehead atoms. The first kappa shape index (κ1) is 26.4. The van der Waals surface area contributed by atoms with Crippen molar-refractivity contribution < 1.29 is 22.7 Å². The topological polar surface area (TPSA) is 86.3 Å². The zero-order valence-corrected chi connectivity index (χ0v) is 22.1. The summed E-state index contributed by atoms with van der Waals surface area (Å²) in [6, 6.07) is 9.37. The second kappa shape index (κ2) is 8.91. The van der Waals surface area contributed by atoms with Crippen LogP contribution >= 0.6 is 0 Å². The summed E-state index contributed by atoms with van der Waals surface area (Å²) in [5.74, 6) is 0.306. The van der Waals surface area contributed by atoms with Crippen molar-refractivity contribution in [3.63, 3.8) is 0 Å². The highest BCUT2D eigenvalue weighted by Crippen LogP contribution is 2.50. The van der Waals surface area contributed by atoms with E-state index in [1.54, 1.807) is 19.5 Å². The van der Waals surface area contributed by atoms with Crippen molar-refractivity contribution in [2.75, 3.05) is 12.0 Å². The number of alkyl halides is 3. The number of rotatable bonds is 5. The van der Waals surface area contributed by atoms with Crippen LogP contribution in [0.3, 0.4) is 0 Å². The summed E-state index contributed by atoms with van der Waals surface area (Å²) >= 11 is 0. The second-order valence-electron chi connectivity index (χ2n) is 11.5. The van der Waals surface area contributed by atoms with E-state index >= 15 is 0 Å². The molecule has 2 heterocycles. The fourth-order valence-electron chi connectivity index (χ4n) is 5.69. The number of nitrogens with two attached hydrogens (primary N) is 1. The number of carbonyl (C=O) groups excluding carboxylic acids is 1. The van der Waals surface area contributed by atoms with Gasteiger partial charge in [-0.25, -0.2) is 0 Å². The smallest absolute Gasteiger partial charge is 0.381 e. The number of amides is 1. The minimum atomic E-state index is -4.62. The lowest BCUT2D eigenvalue weighted by Gasteiger charge is -2.46. The van der Waals surface area contributed by atoms with Gasteiger partial charge < -0.3 is 19.9 Å². The SMILES string of the molecule is COC1CC(c2cccc(N3Cc4c(cc(C(N)C(C)(C)C)cc4C(F)(F)F)C3=O)c2)(c2nncn2C)C1. The van der Waals surface area contributed by atoms with Gasteiger partial charge in [0.25, 0.3) is 5.91 Å². The molecule has 10 heteroatoms. The molecule has 3 aromatic rings. The molecule has 7 nitrogen and oxygen atoms in total. The molecule has 38 heavy (non-hydrogen) atoms. The average Bonchev–Trinajstić information content (AvgIpc) is 3.40. The number of hydrogen-bond donors (Lipinski definition) is 1. The summed E-state index contributed by atoms with van der Waals surface area (Å²) < 4.78 is 50.0. The monoisotopic (exact) mass is 527 g/mol. The van der Waals surface area contributed by atoms with Crippen molar-refractivity contribution in [3.05, 3.63) is 76.4 Å². The Balaban J connectivity index is 1.56. The number of benzene rings is 2. The third kappa shape index (κ3) is 4.19. The number of carbonyl (C=O) groups is 1. The number of methoxy groups -OCH3 is 1. The normalized spacial score (nSPS) is 22.4. The number of ether oxygens (including phenoxy) is 1. The minimum Gasteiger partial charge on any atom is -0.381 e. The predicted octanol–water partition coefficient (Wildman–Crippen LogP) is 5.14. The molecule has 1 aliphatic heterocycles. The zero-order valence-electron chi connectivity index (χ0n) is 22.1. The van der Waals surface area contributed by atoms with Gasteiger partial charge in [-0.3, -0.25) is 4.79 Å². The van der Waals surface area contributed by atoms with E-state index in [2.05, 4.69) is 10.2 Å². The summed E-state index contributed by atoms with van der Waals surface area (Å²) in [6.45, 7) is 5.41. The summed E-state index contributed by atoms with van der Waals surface area (Å²) in [6.07, 6.45) is -1.57. The van der Waals surface area contributed by atoms with Crippen molar-refractivity contribution in [2.24, 2.45) is 18.2 Å². The van der Waals surface area contributed by atoms with E-state index in [-0.39, 0.29) is 23.8 Å². The lowest BCUT2D eigenvalue weighted by atomic mass is 9.62. The Hall–Kier alpha value is -3.24. The van der Waals surface area contributed by atoms with Crippen molar-refractivity contribution in [3.8, 4) is 0 Å². The van der Waals surface area contributed by atoms with E-state index in [9.17, 15) is 18.0 Å². The van der Waals surface area contributed by atoms with Crippen molar-refractivity contribution in [1.82, 2.24) is 14.8 Å². The Morgan fingerprint density at radius 2 is 1.87 bits per heavy atom. The van der Waals surface area contributed by atoms with Crippen LogP contribution in [0.2, 0.25) is 0 Å². The molecule has 202 valence electrons. The lowest BCUT2D eigenvalue weighted by molar-refractivity contribution is -0.138. The van der Waals surface area contributed by atoms with Crippen molar-refractivity contribution in [2.45, 2.75) is 63.9 Å². The Morgan fingerprint density at radius 1 is 1.16 bits per heavy atom. The number of nitrogens with zero attached hydrogens (tertiary/aromatic N) is 4. The molecule has 0 radical (unpaired) electrons. The summed E-state index contributed by atoms with van der Waals surface area (Å²) in [7, 11) is 3.54. The van der Waals surface area contributed by atoms with Gasteiger partial charge in [-0.05, 0) is 59.2 Å². The van der Waals surface area contributed by atoms with E-state index in [0.717, 1.165) is 17.5 Å². The third-order valence-electron chi connectivity index (χ3n) is 8.00. The van der Waals surface area contributed by atoms with Gasteiger partial charge >= 0.3 is 6.18 Å². The Labute approximate surface area is 219 Å². The molecule has 2 aromatic carbocycles. The van der Waals surface area contributed by atoms with Crippen LogP contribution in [-0.2, 0) is 29.9 Å². The van der Waals surface area contributed by atoms with Crippen LogP contribution in [0.15, 0.2) is 42.7 Å². The number of aromatic nitrogens is 3. The first-order chi connectivity index (χ1) is 17.8. The number of anilines is 1. The fourth-order valence-corrected chi connectivity index (χ4v) is 5.69. The molecule has 2 aliphatic rings. The maximum Gasteiger partial charge on any atom is 0.416 e. The molecule has 1 atom stereocenters. The fraction of sp³-hybridized carbons (Fsp3) is 0.464. The van der Waals surface area contributed by atoms with Gasteiger partial charge in [0.2, 0.25) is 0 Å². The van der Waals surface area contributed by atoms with Gasteiger partial charge in [0.15, 0.2) is 0 Å². The van der Waals surface area contributed by atoms with E-state index in [1.165, 1.54) is 11.0 Å². The maximum atomic E-state index is 14.2. The molecule has 0 spiro atoms. The van der Waals surface area contributed by atoms with Gasteiger partial charge in [0, 0.05) is 31.5 Å². The van der Waals surface area contributed by atoms with Crippen molar-refractivity contribution in [1.29, 1.82) is 0 Å². The Kier molecular flexibility index (Phi) is 6.18. The van der Waals surface area contributed by atoms with Crippen LogP contribution in [0, 0.1) is 5.41 Å². The Morgan fingerprint density at radius 3 is 2.45 bits per heavy atom. The molecule has 1 amide bonds. The molecule has 2 N–H and O–H groups in total. The molecule has 5 rings (SSSR count). The highest BCUT2D eigenvalue weighted by molar-refractivity contribution is 6.10. The van der Waals surface area contributed by atoms with Crippen LogP contribution in [0.4, 0.5) is 18.9 Å².